The van der Waals surface area contributed by atoms with Crippen molar-refractivity contribution in [3.05, 3.63) is 0 Å². The standard InChI is InChI=1S/C17H29N3O5/c1-9-7-8-17(20(9)15(24)25-16(4,5)6)11(3)19(14(17)23)12(10(2)21)13(18)22/h9-12,21H,7-8H2,1-6H3,(H2,18,22). The van der Waals surface area contributed by atoms with E-state index in [1.807, 2.05) is 6.92 Å². The number of primary amides is 1. The number of nitrogens with zero attached hydrogens (tertiary/aromatic N) is 2. The van der Waals surface area contributed by atoms with Gasteiger partial charge in [0.25, 0.3) is 5.91 Å². The number of β-lactam (4-membered cyclic amide) rings is 1. The number of amides is 3. The minimum atomic E-state index is -1.11. The molecule has 3 amide bonds. The first kappa shape index (κ1) is 19.5. The second kappa shape index (κ2) is 6.16. The molecule has 2 heterocycles. The fourth-order valence-electron chi connectivity index (χ4n) is 4.06. The van der Waals surface area contributed by atoms with Gasteiger partial charge in [0.1, 0.15) is 17.2 Å². The lowest BCUT2D eigenvalue weighted by molar-refractivity contribution is -0.183. The van der Waals surface area contributed by atoms with Crippen molar-refractivity contribution in [2.24, 2.45) is 5.73 Å². The highest BCUT2D eigenvalue weighted by Gasteiger charge is 2.69. The van der Waals surface area contributed by atoms with Crippen molar-refractivity contribution in [1.82, 2.24) is 9.80 Å². The Morgan fingerprint density at radius 2 is 1.92 bits per heavy atom. The van der Waals surface area contributed by atoms with Gasteiger partial charge in [-0.25, -0.2) is 4.79 Å². The molecule has 5 atom stereocenters. The predicted molar refractivity (Wildman–Crippen MR) is 90.5 cm³/mol. The van der Waals surface area contributed by atoms with E-state index >= 15 is 0 Å². The number of carbonyl (C=O) groups excluding carboxylic acids is 3. The van der Waals surface area contributed by atoms with Crippen LogP contribution in [0, 0.1) is 0 Å². The Bertz CT molecular complexity index is 585. The van der Waals surface area contributed by atoms with Gasteiger partial charge < -0.3 is 20.5 Å². The maximum Gasteiger partial charge on any atom is 0.411 e. The van der Waals surface area contributed by atoms with Crippen LogP contribution in [0.2, 0.25) is 0 Å². The molecule has 3 N–H and O–H groups in total. The van der Waals surface area contributed by atoms with Crippen molar-refractivity contribution in [2.45, 2.75) is 89.8 Å². The zero-order chi connectivity index (χ0) is 19.3. The van der Waals surface area contributed by atoms with Crippen LogP contribution in [-0.2, 0) is 14.3 Å². The number of carbonyl (C=O) groups is 3. The highest BCUT2D eigenvalue weighted by Crippen LogP contribution is 2.48. The van der Waals surface area contributed by atoms with E-state index in [-0.39, 0.29) is 11.9 Å². The third kappa shape index (κ3) is 2.96. The van der Waals surface area contributed by atoms with Gasteiger partial charge in [-0.15, -0.1) is 0 Å². The van der Waals surface area contributed by atoms with Crippen molar-refractivity contribution in [1.29, 1.82) is 0 Å². The van der Waals surface area contributed by atoms with Gasteiger partial charge in [-0.05, 0) is 54.4 Å². The first-order valence-electron chi connectivity index (χ1n) is 8.67. The Morgan fingerprint density at radius 1 is 1.36 bits per heavy atom. The van der Waals surface area contributed by atoms with Gasteiger partial charge in [0.15, 0.2) is 0 Å². The summed E-state index contributed by atoms with van der Waals surface area (Å²) in [7, 11) is 0. The zero-order valence-electron chi connectivity index (χ0n) is 15.8. The van der Waals surface area contributed by atoms with Crippen molar-refractivity contribution in [3.8, 4) is 0 Å². The van der Waals surface area contributed by atoms with Gasteiger partial charge >= 0.3 is 6.09 Å². The predicted octanol–water partition coefficient (Wildman–Crippen LogP) is 0.610. The molecule has 0 bridgehead atoms. The smallest absolute Gasteiger partial charge is 0.411 e. The molecular weight excluding hydrogens is 326 g/mol. The van der Waals surface area contributed by atoms with Gasteiger partial charge in [-0.3, -0.25) is 14.5 Å². The second-order valence-corrected chi connectivity index (χ2v) is 8.14. The average Bonchev–Trinajstić information content (AvgIpc) is 2.81. The molecule has 8 nitrogen and oxygen atoms in total. The molecule has 25 heavy (non-hydrogen) atoms. The van der Waals surface area contributed by atoms with E-state index in [0.29, 0.717) is 12.8 Å². The van der Waals surface area contributed by atoms with E-state index < -0.39 is 41.3 Å². The summed E-state index contributed by atoms with van der Waals surface area (Å²) in [6.07, 6.45) is -0.464. The number of nitrogens with two attached hydrogens (primary N) is 1. The van der Waals surface area contributed by atoms with Crippen LogP contribution in [0.4, 0.5) is 4.79 Å². The summed E-state index contributed by atoms with van der Waals surface area (Å²) in [5.74, 6) is -1.13. The molecule has 2 saturated heterocycles. The fourth-order valence-corrected chi connectivity index (χ4v) is 4.06. The normalized spacial score (nSPS) is 31.7. The monoisotopic (exact) mass is 355 g/mol. The second-order valence-electron chi connectivity index (χ2n) is 8.14. The van der Waals surface area contributed by atoms with E-state index in [0.717, 1.165) is 0 Å². The number of hydrogen-bond donors (Lipinski definition) is 2. The van der Waals surface area contributed by atoms with Crippen molar-refractivity contribution in [3.63, 3.8) is 0 Å². The lowest BCUT2D eigenvalue weighted by atomic mass is 9.75. The molecule has 0 aromatic rings. The summed E-state index contributed by atoms with van der Waals surface area (Å²) >= 11 is 0. The molecule has 1 spiro atoms. The number of aliphatic hydroxyl groups is 1. The first-order valence-corrected chi connectivity index (χ1v) is 8.67. The van der Waals surface area contributed by atoms with Gasteiger partial charge in [0, 0.05) is 6.04 Å². The Hall–Kier alpha value is -1.83. The van der Waals surface area contributed by atoms with Crippen LogP contribution < -0.4 is 5.73 Å². The molecule has 2 aliphatic rings. The molecule has 0 aromatic carbocycles. The number of ether oxygens (including phenoxy) is 1. The Morgan fingerprint density at radius 3 is 2.32 bits per heavy atom. The molecule has 0 aromatic heterocycles. The topological polar surface area (TPSA) is 113 Å². The SMILES string of the molecule is CC(O)C(C(N)=O)N1C(=O)C2(CCC(C)N2C(=O)OC(C)(C)C)C1C. The first-order chi connectivity index (χ1) is 11.3. The Labute approximate surface area is 148 Å². The average molecular weight is 355 g/mol. The lowest BCUT2D eigenvalue weighted by Gasteiger charge is -2.59. The van der Waals surface area contributed by atoms with Crippen LogP contribution >= 0.6 is 0 Å². The molecule has 8 heteroatoms. The number of hydrogen-bond acceptors (Lipinski definition) is 5. The summed E-state index contributed by atoms with van der Waals surface area (Å²) in [6, 6.07) is -1.70. The van der Waals surface area contributed by atoms with Crippen LogP contribution in [0.3, 0.4) is 0 Å². The molecule has 142 valence electrons. The third-order valence-corrected chi connectivity index (χ3v) is 5.17. The highest BCUT2D eigenvalue weighted by atomic mass is 16.6. The zero-order valence-corrected chi connectivity index (χ0v) is 15.8. The minimum Gasteiger partial charge on any atom is -0.444 e. The summed E-state index contributed by atoms with van der Waals surface area (Å²) in [6.45, 7) is 10.4. The number of likely N-dealkylation sites (tertiary alicyclic amines) is 2. The van der Waals surface area contributed by atoms with E-state index in [9.17, 15) is 19.5 Å². The molecule has 2 fully saturated rings. The highest BCUT2D eigenvalue weighted by molar-refractivity contribution is 6.00. The largest absolute Gasteiger partial charge is 0.444 e. The maximum atomic E-state index is 13.0. The Kier molecular flexibility index (Phi) is 4.80. The summed E-state index contributed by atoms with van der Waals surface area (Å²) in [5, 5.41) is 9.86. The summed E-state index contributed by atoms with van der Waals surface area (Å²) in [5.41, 5.74) is 3.65. The van der Waals surface area contributed by atoms with Gasteiger partial charge in [-0.1, -0.05) is 0 Å². The quantitative estimate of drug-likeness (QED) is 0.720. The van der Waals surface area contributed by atoms with Gasteiger partial charge in [0.2, 0.25) is 5.91 Å². The molecule has 0 radical (unpaired) electrons. The summed E-state index contributed by atoms with van der Waals surface area (Å²) < 4.78 is 5.49. The van der Waals surface area contributed by atoms with Crippen LogP contribution in [-0.4, -0.2) is 68.2 Å². The van der Waals surface area contributed by atoms with E-state index in [1.54, 1.807) is 27.7 Å². The van der Waals surface area contributed by atoms with Crippen molar-refractivity contribution >= 4 is 17.9 Å². The maximum absolute atomic E-state index is 13.0. The number of rotatable bonds is 3. The molecule has 5 unspecified atom stereocenters. The van der Waals surface area contributed by atoms with Crippen LogP contribution in [0.15, 0.2) is 0 Å². The summed E-state index contributed by atoms with van der Waals surface area (Å²) in [4.78, 5) is 40.2. The van der Waals surface area contributed by atoms with Gasteiger partial charge in [-0.2, -0.15) is 0 Å². The molecule has 2 rings (SSSR count). The molecular formula is C17H29N3O5. The van der Waals surface area contributed by atoms with Crippen LogP contribution in [0.1, 0.15) is 54.4 Å². The minimum absolute atomic E-state index is 0.151. The molecule has 0 saturated carbocycles. The fraction of sp³-hybridized carbons (Fsp3) is 0.824. The van der Waals surface area contributed by atoms with E-state index in [2.05, 4.69) is 0 Å². The number of aliphatic hydroxyl groups excluding tert-OH is 1. The van der Waals surface area contributed by atoms with Crippen molar-refractivity contribution in [2.75, 3.05) is 0 Å². The van der Waals surface area contributed by atoms with E-state index in [1.165, 1.54) is 16.7 Å². The lowest BCUT2D eigenvalue weighted by Crippen LogP contribution is -2.82. The van der Waals surface area contributed by atoms with E-state index in [4.69, 9.17) is 10.5 Å². The van der Waals surface area contributed by atoms with Crippen molar-refractivity contribution < 1.29 is 24.2 Å². The van der Waals surface area contributed by atoms with Crippen LogP contribution in [0.5, 0.6) is 0 Å². The third-order valence-electron chi connectivity index (χ3n) is 5.17. The Balaban J connectivity index is 2.33. The molecule has 0 aliphatic carbocycles. The van der Waals surface area contributed by atoms with Crippen LogP contribution in [0.25, 0.3) is 0 Å². The molecule has 2 aliphatic heterocycles. The van der Waals surface area contributed by atoms with Gasteiger partial charge in [0.05, 0.1) is 12.1 Å².